The van der Waals surface area contributed by atoms with Gasteiger partial charge in [-0.15, -0.1) is 0 Å². The summed E-state index contributed by atoms with van der Waals surface area (Å²) in [5, 5.41) is 37.4. The van der Waals surface area contributed by atoms with Gasteiger partial charge in [0.2, 0.25) is 0 Å². The zero-order valence-electron chi connectivity index (χ0n) is 20.4. The predicted octanol–water partition coefficient (Wildman–Crippen LogP) is 0.561. The molecule has 0 radical (unpaired) electrons. The minimum atomic E-state index is -1.61. The lowest BCUT2D eigenvalue weighted by Gasteiger charge is -2.69. The van der Waals surface area contributed by atoms with Crippen LogP contribution in [0.15, 0.2) is 0 Å². The van der Waals surface area contributed by atoms with Gasteiger partial charge in [0, 0.05) is 57.3 Å². The van der Waals surface area contributed by atoms with Crippen molar-refractivity contribution in [2.45, 2.75) is 88.1 Å². The van der Waals surface area contributed by atoms with E-state index in [0.29, 0.717) is 12.8 Å². The number of rotatable bonds is 4. The minimum Gasteiger partial charge on any atom is -0.462 e. The van der Waals surface area contributed by atoms with Gasteiger partial charge in [-0.3, -0.25) is 9.69 Å². The first kappa shape index (κ1) is 22.7. The van der Waals surface area contributed by atoms with Crippen molar-refractivity contribution in [1.82, 2.24) is 4.90 Å². The van der Waals surface area contributed by atoms with E-state index < -0.39 is 46.9 Å². The van der Waals surface area contributed by atoms with Crippen LogP contribution in [0.2, 0.25) is 0 Å². The number of aliphatic hydroxyl groups is 3. The molecule has 5 aliphatic carbocycles. The monoisotopic (exact) mass is 465 g/mol. The first-order valence-electron chi connectivity index (χ1n) is 12.7. The zero-order chi connectivity index (χ0) is 23.7. The zero-order valence-corrected chi connectivity index (χ0v) is 20.4. The van der Waals surface area contributed by atoms with Crippen molar-refractivity contribution in [3.63, 3.8) is 0 Å². The number of hydrogen-bond donors (Lipinski definition) is 3. The second-order valence-corrected chi connectivity index (χ2v) is 12.1. The molecule has 1 spiro atoms. The maximum absolute atomic E-state index is 12.9. The van der Waals surface area contributed by atoms with Gasteiger partial charge in [-0.2, -0.15) is 0 Å². The number of likely N-dealkylation sites (N-methyl/N-ethyl adjacent to an activating group) is 1. The van der Waals surface area contributed by atoms with E-state index in [-0.39, 0.29) is 41.7 Å². The molecule has 8 heteroatoms. The third kappa shape index (κ3) is 2.20. The summed E-state index contributed by atoms with van der Waals surface area (Å²) in [6.07, 6.45) is 0.363. The summed E-state index contributed by atoms with van der Waals surface area (Å²) in [6.45, 7) is 7.30. The molecule has 6 aliphatic rings. The SMILES string of the molecule is CCN1CC2(C)CCC(O)C34C5CC6C(OC)CC(O)(C5C6OC(C)=O)C(O)(C(OC)C23)C14. The summed E-state index contributed by atoms with van der Waals surface area (Å²) in [7, 11) is 3.25. The number of carbonyl (C=O) groups excluding carboxylic acids is 1. The number of ether oxygens (including phenoxy) is 3. The number of likely N-dealkylation sites (tertiary alicyclic amines) is 1. The Hall–Kier alpha value is -0.770. The summed E-state index contributed by atoms with van der Waals surface area (Å²) in [5.74, 6) is -1.11. The van der Waals surface area contributed by atoms with Gasteiger partial charge in [0.25, 0.3) is 0 Å². The second kappa shape index (κ2) is 6.71. The Kier molecular flexibility index (Phi) is 4.61. The van der Waals surface area contributed by atoms with E-state index in [9.17, 15) is 20.1 Å². The molecule has 7 bridgehead atoms. The lowest BCUT2D eigenvalue weighted by molar-refractivity contribution is -0.316. The molecule has 1 heterocycles. The van der Waals surface area contributed by atoms with Crippen molar-refractivity contribution in [3.05, 3.63) is 0 Å². The molecule has 13 unspecified atom stereocenters. The van der Waals surface area contributed by atoms with E-state index >= 15 is 0 Å². The van der Waals surface area contributed by atoms with Gasteiger partial charge in [-0.25, -0.2) is 0 Å². The summed E-state index contributed by atoms with van der Waals surface area (Å²) < 4.78 is 17.9. The molecule has 0 aromatic heterocycles. The Morgan fingerprint density at radius 3 is 2.55 bits per heavy atom. The average molecular weight is 466 g/mol. The van der Waals surface area contributed by atoms with Gasteiger partial charge < -0.3 is 29.5 Å². The first-order valence-corrected chi connectivity index (χ1v) is 12.7. The molecule has 1 aliphatic heterocycles. The van der Waals surface area contributed by atoms with E-state index in [1.54, 1.807) is 14.2 Å². The molecule has 6 fully saturated rings. The fourth-order valence-electron chi connectivity index (χ4n) is 10.7. The minimum absolute atomic E-state index is 0.0660. The molecule has 3 N–H and O–H groups in total. The van der Waals surface area contributed by atoms with Gasteiger partial charge in [0.1, 0.15) is 17.3 Å². The first-order chi connectivity index (χ1) is 15.6. The normalized spacial score (nSPS) is 60.7. The number of hydrogen-bond acceptors (Lipinski definition) is 8. The van der Waals surface area contributed by atoms with Gasteiger partial charge in [0.15, 0.2) is 0 Å². The fourth-order valence-corrected chi connectivity index (χ4v) is 10.7. The van der Waals surface area contributed by atoms with E-state index in [4.69, 9.17) is 14.2 Å². The Morgan fingerprint density at radius 2 is 1.94 bits per heavy atom. The Balaban J connectivity index is 1.65. The quantitative estimate of drug-likeness (QED) is 0.517. The van der Waals surface area contributed by atoms with E-state index in [1.165, 1.54) is 6.92 Å². The summed E-state index contributed by atoms with van der Waals surface area (Å²) in [4.78, 5) is 14.5. The maximum atomic E-state index is 12.9. The molecular formula is C25H39NO7. The third-order valence-corrected chi connectivity index (χ3v) is 11.3. The van der Waals surface area contributed by atoms with E-state index in [1.807, 2.05) is 0 Å². The summed E-state index contributed by atoms with van der Waals surface area (Å²) in [6, 6.07) is -0.424. The number of carbonyl (C=O) groups is 1. The second-order valence-electron chi connectivity index (χ2n) is 12.1. The fraction of sp³-hybridized carbons (Fsp3) is 0.960. The van der Waals surface area contributed by atoms with Crippen LogP contribution in [0.25, 0.3) is 0 Å². The molecule has 0 aromatic rings. The number of nitrogens with zero attached hydrogens (tertiary/aromatic N) is 1. The number of esters is 1. The van der Waals surface area contributed by atoms with Crippen LogP contribution >= 0.6 is 0 Å². The lowest BCUT2D eigenvalue weighted by Crippen LogP contribution is -2.81. The average Bonchev–Trinajstić information content (AvgIpc) is 3.16. The van der Waals surface area contributed by atoms with Crippen LogP contribution < -0.4 is 0 Å². The van der Waals surface area contributed by atoms with Gasteiger partial charge in [-0.1, -0.05) is 13.8 Å². The smallest absolute Gasteiger partial charge is 0.302 e. The van der Waals surface area contributed by atoms with Crippen LogP contribution in [0.1, 0.15) is 46.5 Å². The molecule has 13 atom stereocenters. The lowest BCUT2D eigenvalue weighted by atomic mass is 9.43. The topological polar surface area (TPSA) is 109 Å². The highest BCUT2D eigenvalue weighted by atomic mass is 16.6. The molecule has 6 rings (SSSR count). The number of aliphatic hydroxyl groups excluding tert-OH is 1. The van der Waals surface area contributed by atoms with Crippen LogP contribution in [0.5, 0.6) is 0 Å². The molecule has 5 saturated carbocycles. The van der Waals surface area contributed by atoms with Crippen molar-refractivity contribution in [1.29, 1.82) is 0 Å². The van der Waals surface area contributed by atoms with E-state index in [2.05, 4.69) is 18.7 Å². The number of fused-ring (bicyclic) bond motifs is 2. The number of piperidine rings is 1. The van der Waals surface area contributed by atoms with Crippen LogP contribution in [0.4, 0.5) is 0 Å². The van der Waals surface area contributed by atoms with Crippen LogP contribution in [0.3, 0.4) is 0 Å². The highest BCUT2D eigenvalue weighted by molar-refractivity contribution is 5.66. The van der Waals surface area contributed by atoms with E-state index in [0.717, 1.165) is 19.5 Å². The Labute approximate surface area is 195 Å². The summed E-state index contributed by atoms with van der Waals surface area (Å²) >= 11 is 0. The Bertz CT molecular complexity index is 870. The van der Waals surface area contributed by atoms with Crippen LogP contribution in [-0.2, 0) is 19.0 Å². The van der Waals surface area contributed by atoms with Crippen LogP contribution in [-0.4, -0.2) is 95.2 Å². The number of methoxy groups -OCH3 is 2. The van der Waals surface area contributed by atoms with Crippen molar-refractivity contribution < 1.29 is 34.3 Å². The highest BCUT2D eigenvalue weighted by Crippen LogP contribution is 2.80. The predicted molar refractivity (Wildman–Crippen MR) is 117 cm³/mol. The van der Waals surface area contributed by atoms with Gasteiger partial charge in [-0.05, 0) is 37.1 Å². The van der Waals surface area contributed by atoms with Gasteiger partial charge >= 0.3 is 5.97 Å². The molecule has 33 heavy (non-hydrogen) atoms. The molecule has 0 aromatic carbocycles. The van der Waals surface area contributed by atoms with Crippen molar-refractivity contribution >= 4 is 5.97 Å². The summed E-state index contributed by atoms with van der Waals surface area (Å²) in [5.41, 5.74) is -3.96. The molecule has 0 amide bonds. The molecule has 8 nitrogen and oxygen atoms in total. The Morgan fingerprint density at radius 1 is 1.21 bits per heavy atom. The van der Waals surface area contributed by atoms with Gasteiger partial charge in [0.05, 0.1) is 24.4 Å². The van der Waals surface area contributed by atoms with Crippen molar-refractivity contribution in [3.8, 4) is 0 Å². The molecule has 1 saturated heterocycles. The maximum Gasteiger partial charge on any atom is 0.302 e. The largest absolute Gasteiger partial charge is 0.462 e. The van der Waals surface area contributed by atoms with Crippen molar-refractivity contribution in [2.24, 2.45) is 34.5 Å². The molecular weight excluding hydrogens is 426 g/mol. The highest BCUT2D eigenvalue weighted by Gasteiger charge is 2.91. The molecule has 186 valence electrons. The van der Waals surface area contributed by atoms with Crippen LogP contribution in [0, 0.1) is 34.5 Å². The standard InChI is InChI=1S/C25H39NO7/c1-6-26-11-22(3)8-7-16(28)24-14-9-13-15(31-4)10-23(29,17(14)18(13)33-12(2)27)25(30,21(24)26)20(32-5)19(22)24/h13-21,28-30H,6-11H2,1-5H3. The van der Waals surface area contributed by atoms with Crippen molar-refractivity contribution in [2.75, 3.05) is 27.3 Å². The third-order valence-electron chi connectivity index (χ3n) is 11.3.